The van der Waals surface area contributed by atoms with E-state index in [1.165, 1.54) is 60.9 Å². The molecule has 1 heterocycles. The summed E-state index contributed by atoms with van der Waals surface area (Å²) in [7, 11) is 0. The third-order valence-corrected chi connectivity index (χ3v) is 11.0. The summed E-state index contributed by atoms with van der Waals surface area (Å²) in [6, 6.07) is 62.2. The average Bonchev–Trinajstić information content (AvgIpc) is 3.58. The van der Waals surface area contributed by atoms with Gasteiger partial charge in [-0.3, -0.25) is 0 Å². The Bertz CT molecular complexity index is 2540. The molecule has 0 saturated carbocycles. The first-order chi connectivity index (χ1) is 24.8. The fraction of sp³-hybridized carbons (Fsp3) is 0.143. The van der Waals surface area contributed by atoms with Crippen molar-refractivity contribution in [3.8, 4) is 27.9 Å². The molecule has 2 heteroatoms. The summed E-state index contributed by atoms with van der Waals surface area (Å²) >= 11 is 0. The number of fused-ring (bicyclic) bond motifs is 4. The number of para-hydroxylation sites is 1. The highest BCUT2D eigenvalue weighted by atomic mass is 15.1. The molecule has 9 rings (SSSR count). The van der Waals surface area contributed by atoms with Crippen LogP contribution in [0.1, 0.15) is 45.2 Å². The van der Waals surface area contributed by atoms with E-state index in [0.29, 0.717) is 0 Å². The quantitative estimate of drug-likeness (QED) is 0.173. The van der Waals surface area contributed by atoms with E-state index in [0.717, 1.165) is 23.5 Å². The molecule has 0 aliphatic heterocycles. The summed E-state index contributed by atoms with van der Waals surface area (Å²) in [4.78, 5) is 2.40. The van der Waals surface area contributed by atoms with Crippen LogP contribution in [0.5, 0.6) is 0 Å². The Labute approximate surface area is 301 Å². The molecular weight excluding hydrogens is 617 g/mol. The van der Waals surface area contributed by atoms with Crippen LogP contribution in [0.15, 0.2) is 170 Å². The summed E-state index contributed by atoms with van der Waals surface area (Å²) in [5.74, 6) is 0. The van der Waals surface area contributed by atoms with Gasteiger partial charge in [0.15, 0.2) is 0 Å². The van der Waals surface area contributed by atoms with Gasteiger partial charge in [-0.05, 0) is 105 Å². The lowest BCUT2D eigenvalue weighted by Crippen LogP contribution is -2.18. The number of hydrogen-bond donors (Lipinski definition) is 0. The minimum atomic E-state index is 0.116. The van der Waals surface area contributed by atoms with Crippen molar-refractivity contribution in [3.05, 3.63) is 181 Å². The fourth-order valence-electron chi connectivity index (χ4n) is 8.83. The minimum Gasteiger partial charge on any atom is -0.310 e. The van der Waals surface area contributed by atoms with Crippen molar-refractivity contribution in [2.75, 3.05) is 4.90 Å². The number of rotatable bonds is 6. The molecule has 1 aliphatic carbocycles. The highest BCUT2D eigenvalue weighted by Gasteiger charge is 2.41. The molecular formula is C49H42N2. The third kappa shape index (κ3) is 5.34. The largest absolute Gasteiger partial charge is 0.310 e. The molecule has 8 aromatic rings. The Morgan fingerprint density at radius 2 is 0.980 bits per heavy atom. The molecule has 0 N–H and O–H groups in total. The molecule has 0 unspecified atom stereocenters. The van der Waals surface area contributed by atoms with Crippen molar-refractivity contribution in [2.24, 2.45) is 0 Å². The zero-order chi connectivity index (χ0) is 34.7. The first-order valence-corrected chi connectivity index (χ1v) is 18.1. The van der Waals surface area contributed by atoms with E-state index in [-0.39, 0.29) is 10.8 Å². The molecule has 7 aromatic carbocycles. The maximum Gasteiger partial charge on any atom is 0.0561 e. The van der Waals surface area contributed by atoms with Crippen molar-refractivity contribution in [1.82, 2.24) is 4.57 Å². The van der Waals surface area contributed by atoms with E-state index in [9.17, 15) is 0 Å². The third-order valence-electron chi connectivity index (χ3n) is 11.0. The molecule has 0 fully saturated rings. The summed E-state index contributed by atoms with van der Waals surface area (Å²) < 4.78 is 2.48. The van der Waals surface area contributed by atoms with Crippen LogP contribution in [-0.2, 0) is 10.8 Å². The SMILES string of the molecule is CC1(C)CC(C)(C)c2cc(-n3c4ccccc4c4ccc(N(c5ccc(-c6ccccc6)cc5)c5cccc(-c6ccccc6)c5)cc43)ccc21. The van der Waals surface area contributed by atoms with Gasteiger partial charge in [-0.15, -0.1) is 0 Å². The Kier molecular flexibility index (Phi) is 7.26. The van der Waals surface area contributed by atoms with Crippen LogP contribution >= 0.6 is 0 Å². The molecule has 2 nitrogen and oxygen atoms in total. The Hall–Kier alpha value is -5.86. The lowest BCUT2D eigenvalue weighted by atomic mass is 9.82. The molecule has 0 bridgehead atoms. The zero-order valence-electron chi connectivity index (χ0n) is 29.8. The topological polar surface area (TPSA) is 8.17 Å². The van der Waals surface area contributed by atoms with Crippen molar-refractivity contribution in [1.29, 1.82) is 0 Å². The first-order valence-electron chi connectivity index (χ1n) is 18.1. The number of nitrogens with zero attached hydrogens (tertiary/aromatic N) is 2. The molecule has 0 atom stereocenters. The summed E-state index contributed by atoms with van der Waals surface area (Å²) in [6.07, 6.45) is 1.15. The monoisotopic (exact) mass is 658 g/mol. The number of aromatic nitrogens is 1. The van der Waals surface area contributed by atoms with Crippen LogP contribution in [0, 0.1) is 0 Å². The van der Waals surface area contributed by atoms with Gasteiger partial charge >= 0.3 is 0 Å². The maximum atomic E-state index is 2.48. The van der Waals surface area contributed by atoms with Gasteiger partial charge in [0.2, 0.25) is 0 Å². The summed E-state index contributed by atoms with van der Waals surface area (Å²) in [5, 5.41) is 2.52. The van der Waals surface area contributed by atoms with Crippen LogP contribution in [0.25, 0.3) is 49.7 Å². The highest BCUT2D eigenvalue weighted by molar-refractivity contribution is 6.10. The van der Waals surface area contributed by atoms with Crippen molar-refractivity contribution in [3.63, 3.8) is 0 Å². The van der Waals surface area contributed by atoms with Crippen molar-refractivity contribution < 1.29 is 0 Å². The molecule has 1 aromatic heterocycles. The van der Waals surface area contributed by atoms with Crippen LogP contribution in [-0.4, -0.2) is 4.57 Å². The van der Waals surface area contributed by atoms with E-state index in [1.54, 1.807) is 0 Å². The van der Waals surface area contributed by atoms with Gasteiger partial charge < -0.3 is 9.47 Å². The fourth-order valence-corrected chi connectivity index (χ4v) is 8.83. The van der Waals surface area contributed by atoms with Crippen molar-refractivity contribution in [2.45, 2.75) is 44.9 Å². The predicted molar refractivity (Wildman–Crippen MR) is 217 cm³/mol. The van der Waals surface area contributed by atoms with E-state index in [2.05, 4.69) is 207 Å². The molecule has 0 saturated heterocycles. The van der Waals surface area contributed by atoms with Gasteiger partial charge in [0.25, 0.3) is 0 Å². The molecule has 0 spiro atoms. The molecule has 0 amide bonds. The van der Waals surface area contributed by atoms with Gasteiger partial charge in [-0.1, -0.05) is 143 Å². The van der Waals surface area contributed by atoms with Gasteiger partial charge in [-0.25, -0.2) is 0 Å². The van der Waals surface area contributed by atoms with Gasteiger partial charge in [0.05, 0.1) is 11.0 Å². The second kappa shape index (κ2) is 11.9. The van der Waals surface area contributed by atoms with E-state index in [4.69, 9.17) is 0 Å². The lowest BCUT2D eigenvalue weighted by molar-refractivity contribution is 0.403. The molecule has 0 radical (unpaired) electrons. The first kappa shape index (κ1) is 31.1. The van der Waals surface area contributed by atoms with Gasteiger partial charge in [-0.2, -0.15) is 0 Å². The second-order valence-corrected chi connectivity index (χ2v) is 15.4. The molecule has 1 aliphatic rings. The highest BCUT2D eigenvalue weighted by Crippen LogP contribution is 2.50. The summed E-state index contributed by atoms with van der Waals surface area (Å²) in [6.45, 7) is 9.58. The normalized spacial score (nSPS) is 14.5. The maximum absolute atomic E-state index is 2.48. The number of anilines is 3. The minimum absolute atomic E-state index is 0.116. The Morgan fingerprint density at radius 1 is 0.412 bits per heavy atom. The Morgan fingerprint density at radius 3 is 1.73 bits per heavy atom. The van der Waals surface area contributed by atoms with Crippen LogP contribution in [0.2, 0.25) is 0 Å². The second-order valence-electron chi connectivity index (χ2n) is 15.4. The molecule has 248 valence electrons. The van der Waals surface area contributed by atoms with Crippen molar-refractivity contribution >= 4 is 38.9 Å². The smallest absolute Gasteiger partial charge is 0.0561 e. The average molecular weight is 659 g/mol. The standard InChI is InChI=1S/C49H42N2/c1-48(2)33-49(3,4)45-31-40(27-29-44(45)48)51-46-21-12-11-20-42(46)43-28-26-41(32-47(43)51)50(38-24-22-36(23-25-38)34-14-7-5-8-15-34)39-19-13-18-37(30-39)35-16-9-6-10-17-35/h5-32H,33H2,1-4H3. The van der Waals surface area contributed by atoms with Crippen LogP contribution in [0.3, 0.4) is 0 Å². The van der Waals surface area contributed by atoms with Gasteiger partial charge in [0, 0.05) is 33.5 Å². The van der Waals surface area contributed by atoms with Crippen LogP contribution in [0.4, 0.5) is 17.1 Å². The number of hydrogen-bond acceptors (Lipinski definition) is 1. The van der Waals surface area contributed by atoms with Gasteiger partial charge in [0.1, 0.15) is 0 Å². The summed E-state index contributed by atoms with van der Waals surface area (Å²) in [5.41, 5.74) is 15.0. The zero-order valence-corrected chi connectivity index (χ0v) is 29.8. The van der Waals surface area contributed by atoms with Crippen LogP contribution < -0.4 is 4.90 Å². The molecule has 51 heavy (non-hydrogen) atoms. The predicted octanol–water partition coefficient (Wildman–Crippen LogP) is 13.5. The lowest BCUT2D eigenvalue weighted by Gasteiger charge is -2.26. The van der Waals surface area contributed by atoms with E-state index >= 15 is 0 Å². The van der Waals surface area contributed by atoms with E-state index in [1.807, 2.05) is 0 Å². The number of benzene rings is 7. The van der Waals surface area contributed by atoms with E-state index < -0.39 is 0 Å². The Balaban J connectivity index is 1.25.